The van der Waals surface area contributed by atoms with Crippen molar-refractivity contribution in [3.63, 3.8) is 0 Å². The van der Waals surface area contributed by atoms with Crippen LogP contribution in [0.25, 0.3) is 0 Å². The minimum atomic E-state index is 0.349. The van der Waals surface area contributed by atoms with Gasteiger partial charge in [-0.05, 0) is 43.4 Å². The van der Waals surface area contributed by atoms with Crippen LogP contribution in [0.5, 0.6) is 0 Å². The molecular weight excluding hydrogens is 250 g/mol. The second kappa shape index (κ2) is 7.30. The zero-order valence-corrected chi connectivity index (χ0v) is 13.2. The SMILES string of the molecule is COCCC1(CN=C(N)N2CCCC(C)C2)CCCC1. The van der Waals surface area contributed by atoms with Gasteiger partial charge in [0.15, 0.2) is 5.96 Å². The lowest BCUT2D eigenvalue weighted by Crippen LogP contribution is -2.44. The van der Waals surface area contributed by atoms with Crippen LogP contribution in [0, 0.1) is 11.3 Å². The Hall–Kier alpha value is -0.770. The Morgan fingerprint density at radius 2 is 2.10 bits per heavy atom. The van der Waals surface area contributed by atoms with Gasteiger partial charge in [-0.1, -0.05) is 19.8 Å². The average Bonchev–Trinajstić information content (AvgIpc) is 2.92. The van der Waals surface area contributed by atoms with Gasteiger partial charge in [0, 0.05) is 33.4 Å². The molecule has 1 saturated carbocycles. The van der Waals surface area contributed by atoms with Gasteiger partial charge in [0.25, 0.3) is 0 Å². The number of ether oxygens (including phenoxy) is 1. The molecule has 2 rings (SSSR count). The summed E-state index contributed by atoms with van der Waals surface area (Å²) in [7, 11) is 1.79. The van der Waals surface area contributed by atoms with Crippen LogP contribution in [0.2, 0.25) is 0 Å². The van der Waals surface area contributed by atoms with Crippen molar-refractivity contribution in [2.75, 3.05) is 33.4 Å². The molecular formula is C16H31N3O. The van der Waals surface area contributed by atoms with Gasteiger partial charge < -0.3 is 15.4 Å². The fourth-order valence-electron chi connectivity index (χ4n) is 3.68. The van der Waals surface area contributed by atoms with Crippen LogP contribution in [-0.4, -0.2) is 44.2 Å². The molecule has 0 aromatic heterocycles. The fraction of sp³-hybridized carbons (Fsp3) is 0.938. The summed E-state index contributed by atoms with van der Waals surface area (Å²) in [4.78, 5) is 7.03. The van der Waals surface area contributed by atoms with Crippen molar-refractivity contribution in [3.8, 4) is 0 Å². The Bertz CT molecular complexity index is 324. The summed E-state index contributed by atoms with van der Waals surface area (Å²) in [5.74, 6) is 1.51. The molecule has 1 unspecified atom stereocenters. The minimum Gasteiger partial charge on any atom is -0.385 e. The first kappa shape index (κ1) is 15.6. The molecule has 1 saturated heterocycles. The van der Waals surface area contributed by atoms with Crippen molar-refractivity contribution in [1.29, 1.82) is 0 Å². The minimum absolute atomic E-state index is 0.349. The van der Waals surface area contributed by atoms with E-state index in [0.717, 1.165) is 44.5 Å². The molecule has 0 radical (unpaired) electrons. The van der Waals surface area contributed by atoms with Crippen LogP contribution in [0.1, 0.15) is 51.9 Å². The van der Waals surface area contributed by atoms with Crippen LogP contribution in [-0.2, 0) is 4.74 Å². The van der Waals surface area contributed by atoms with E-state index in [0.29, 0.717) is 5.41 Å². The second-order valence-corrected chi connectivity index (χ2v) is 6.82. The normalized spacial score (nSPS) is 27.0. The molecule has 0 spiro atoms. The number of nitrogens with two attached hydrogens (primary N) is 1. The van der Waals surface area contributed by atoms with E-state index < -0.39 is 0 Å². The number of aliphatic imine (C=N–C) groups is 1. The lowest BCUT2D eigenvalue weighted by atomic mass is 9.83. The van der Waals surface area contributed by atoms with E-state index in [-0.39, 0.29) is 0 Å². The number of piperidine rings is 1. The molecule has 4 nitrogen and oxygen atoms in total. The number of rotatable bonds is 5. The summed E-state index contributed by atoms with van der Waals surface area (Å²) in [5.41, 5.74) is 6.57. The maximum Gasteiger partial charge on any atom is 0.191 e. The van der Waals surface area contributed by atoms with Crippen LogP contribution < -0.4 is 5.73 Å². The number of hydrogen-bond donors (Lipinski definition) is 1. The summed E-state index contributed by atoms with van der Waals surface area (Å²) in [5, 5.41) is 0. The lowest BCUT2D eigenvalue weighted by Gasteiger charge is -2.33. The van der Waals surface area contributed by atoms with Gasteiger partial charge >= 0.3 is 0 Å². The van der Waals surface area contributed by atoms with Gasteiger partial charge in [0.1, 0.15) is 0 Å². The highest BCUT2D eigenvalue weighted by atomic mass is 16.5. The first-order valence-corrected chi connectivity index (χ1v) is 8.19. The Kier molecular flexibility index (Phi) is 5.70. The molecule has 2 N–H and O–H groups in total. The Morgan fingerprint density at radius 3 is 2.75 bits per heavy atom. The van der Waals surface area contributed by atoms with Gasteiger partial charge in [-0.2, -0.15) is 0 Å². The molecule has 1 aliphatic carbocycles. The average molecular weight is 281 g/mol. The maximum absolute atomic E-state index is 6.22. The van der Waals surface area contributed by atoms with Crippen molar-refractivity contribution in [2.45, 2.75) is 51.9 Å². The zero-order valence-electron chi connectivity index (χ0n) is 13.2. The van der Waals surface area contributed by atoms with Crippen molar-refractivity contribution < 1.29 is 4.74 Å². The number of hydrogen-bond acceptors (Lipinski definition) is 2. The van der Waals surface area contributed by atoms with Crippen molar-refractivity contribution in [2.24, 2.45) is 22.1 Å². The molecule has 1 heterocycles. The topological polar surface area (TPSA) is 50.9 Å². The number of nitrogens with zero attached hydrogens (tertiary/aromatic N) is 2. The standard InChI is InChI=1S/C16H31N3O/c1-14-6-5-10-19(12-14)15(17)18-13-16(9-11-20-2)7-3-4-8-16/h14H,3-13H2,1-2H3,(H2,17,18). The van der Waals surface area contributed by atoms with Crippen LogP contribution in [0.15, 0.2) is 4.99 Å². The Labute approximate surface area is 123 Å². The van der Waals surface area contributed by atoms with Crippen molar-refractivity contribution in [1.82, 2.24) is 4.90 Å². The first-order valence-electron chi connectivity index (χ1n) is 8.19. The number of methoxy groups -OCH3 is 1. The molecule has 1 atom stereocenters. The van der Waals surface area contributed by atoms with Gasteiger partial charge in [-0.25, -0.2) is 0 Å². The third-order valence-electron chi connectivity index (χ3n) is 5.06. The number of guanidine groups is 1. The molecule has 0 bridgehead atoms. The highest BCUT2D eigenvalue weighted by Gasteiger charge is 2.33. The monoisotopic (exact) mass is 281 g/mol. The summed E-state index contributed by atoms with van der Waals surface area (Å²) in [6, 6.07) is 0. The predicted octanol–water partition coefficient (Wildman–Crippen LogP) is 2.63. The lowest BCUT2D eigenvalue weighted by molar-refractivity contribution is 0.141. The van der Waals surface area contributed by atoms with E-state index in [1.54, 1.807) is 7.11 Å². The Morgan fingerprint density at radius 1 is 1.35 bits per heavy atom. The van der Waals surface area contributed by atoms with E-state index in [4.69, 9.17) is 15.5 Å². The summed E-state index contributed by atoms with van der Waals surface area (Å²) < 4.78 is 5.28. The molecule has 0 aromatic rings. The second-order valence-electron chi connectivity index (χ2n) is 6.82. The maximum atomic E-state index is 6.22. The molecule has 2 fully saturated rings. The van der Waals surface area contributed by atoms with Crippen LogP contribution >= 0.6 is 0 Å². The van der Waals surface area contributed by atoms with Gasteiger partial charge in [0.05, 0.1) is 0 Å². The quantitative estimate of drug-likeness (QED) is 0.622. The Balaban J connectivity index is 1.91. The van der Waals surface area contributed by atoms with E-state index in [1.165, 1.54) is 38.5 Å². The largest absolute Gasteiger partial charge is 0.385 e. The van der Waals surface area contributed by atoms with E-state index in [9.17, 15) is 0 Å². The van der Waals surface area contributed by atoms with Crippen LogP contribution in [0.3, 0.4) is 0 Å². The zero-order chi connectivity index (χ0) is 14.4. The predicted molar refractivity (Wildman–Crippen MR) is 83.9 cm³/mol. The highest BCUT2D eigenvalue weighted by molar-refractivity contribution is 5.78. The fourth-order valence-corrected chi connectivity index (χ4v) is 3.68. The van der Waals surface area contributed by atoms with E-state index in [2.05, 4.69) is 11.8 Å². The summed E-state index contributed by atoms with van der Waals surface area (Å²) in [6.45, 7) is 6.17. The smallest absolute Gasteiger partial charge is 0.191 e. The van der Waals surface area contributed by atoms with Crippen LogP contribution in [0.4, 0.5) is 0 Å². The molecule has 1 aliphatic heterocycles. The third-order valence-corrected chi connectivity index (χ3v) is 5.06. The summed E-state index contributed by atoms with van der Waals surface area (Å²) >= 11 is 0. The molecule has 2 aliphatic rings. The van der Waals surface area contributed by atoms with Gasteiger partial charge in [-0.15, -0.1) is 0 Å². The molecule has 0 amide bonds. The molecule has 4 heteroatoms. The van der Waals surface area contributed by atoms with Crippen molar-refractivity contribution in [3.05, 3.63) is 0 Å². The molecule has 0 aromatic carbocycles. The van der Waals surface area contributed by atoms with E-state index in [1.807, 2.05) is 0 Å². The van der Waals surface area contributed by atoms with Gasteiger partial charge in [-0.3, -0.25) is 4.99 Å². The van der Waals surface area contributed by atoms with Gasteiger partial charge in [0.2, 0.25) is 0 Å². The molecule has 20 heavy (non-hydrogen) atoms. The van der Waals surface area contributed by atoms with Crippen molar-refractivity contribution >= 4 is 5.96 Å². The first-order chi connectivity index (χ1) is 9.65. The number of likely N-dealkylation sites (tertiary alicyclic amines) is 1. The van der Waals surface area contributed by atoms with E-state index >= 15 is 0 Å². The highest BCUT2D eigenvalue weighted by Crippen LogP contribution is 2.41. The summed E-state index contributed by atoms with van der Waals surface area (Å²) in [6.07, 6.45) is 8.91. The third kappa shape index (κ3) is 4.11. The molecule has 116 valence electrons.